The third-order valence-electron chi connectivity index (χ3n) is 3.50. The molecule has 0 unspecified atom stereocenters. The van der Waals surface area contributed by atoms with E-state index in [4.69, 9.17) is 15.2 Å². The Bertz CT molecular complexity index is 649. The number of benzene rings is 1. The number of imide groups is 1. The smallest absolute Gasteiger partial charge is 0.334 e. The van der Waals surface area contributed by atoms with Crippen molar-refractivity contribution in [2.45, 2.75) is 25.9 Å². The van der Waals surface area contributed by atoms with Crippen molar-refractivity contribution in [2.24, 2.45) is 5.73 Å². The largest absolute Gasteiger partial charge is 0.497 e. The predicted molar refractivity (Wildman–Crippen MR) is 81.4 cm³/mol. The second-order valence-corrected chi connectivity index (χ2v) is 5.05. The first-order chi connectivity index (χ1) is 11.0. The summed E-state index contributed by atoms with van der Waals surface area (Å²) in [5.41, 5.74) is 6.30. The Morgan fingerprint density at radius 1 is 1.13 bits per heavy atom. The van der Waals surface area contributed by atoms with Crippen LogP contribution < -0.4 is 15.8 Å². The average molecular weight is 318 g/mol. The SMILES string of the molecule is COc1ccc(COC(=O)C2=C(C(=O)NC(N)=O)CCC2)cc1. The highest BCUT2D eigenvalue weighted by molar-refractivity contribution is 6.08. The molecule has 0 fully saturated rings. The standard InChI is InChI=1S/C16H18N2O5/c1-22-11-7-5-10(6-8-11)9-23-15(20)13-4-2-3-12(13)14(19)18-16(17)21/h5-8H,2-4,9H2,1H3,(H3,17,18,19,21). The van der Waals surface area contributed by atoms with Crippen LogP contribution in [-0.4, -0.2) is 25.0 Å². The van der Waals surface area contributed by atoms with E-state index in [2.05, 4.69) is 0 Å². The van der Waals surface area contributed by atoms with Crippen LogP contribution in [0.1, 0.15) is 24.8 Å². The van der Waals surface area contributed by atoms with Gasteiger partial charge in [-0.25, -0.2) is 9.59 Å². The van der Waals surface area contributed by atoms with Crippen LogP contribution in [0.5, 0.6) is 5.75 Å². The van der Waals surface area contributed by atoms with Gasteiger partial charge < -0.3 is 15.2 Å². The van der Waals surface area contributed by atoms with Crippen molar-refractivity contribution in [2.75, 3.05) is 7.11 Å². The van der Waals surface area contributed by atoms with Crippen LogP contribution in [0, 0.1) is 0 Å². The first kappa shape index (κ1) is 16.5. The molecule has 7 nitrogen and oxygen atoms in total. The molecular weight excluding hydrogens is 300 g/mol. The first-order valence-corrected chi connectivity index (χ1v) is 7.14. The molecule has 0 aromatic heterocycles. The Morgan fingerprint density at radius 2 is 1.78 bits per heavy atom. The molecule has 1 aliphatic carbocycles. The normalized spacial score (nSPS) is 13.6. The molecule has 122 valence electrons. The summed E-state index contributed by atoms with van der Waals surface area (Å²) in [6, 6.07) is 6.17. The number of primary amides is 1. The van der Waals surface area contributed by atoms with Gasteiger partial charge in [0.05, 0.1) is 7.11 Å². The third kappa shape index (κ3) is 4.32. The molecule has 0 atom stereocenters. The molecule has 2 rings (SSSR count). The maximum Gasteiger partial charge on any atom is 0.334 e. The maximum atomic E-state index is 12.1. The number of ether oxygens (including phenoxy) is 2. The summed E-state index contributed by atoms with van der Waals surface area (Å²) < 4.78 is 10.3. The van der Waals surface area contributed by atoms with Crippen LogP contribution in [0.3, 0.4) is 0 Å². The summed E-state index contributed by atoms with van der Waals surface area (Å²) in [6.45, 7) is 0.0943. The highest BCUT2D eigenvalue weighted by Gasteiger charge is 2.27. The molecule has 1 aromatic rings. The molecule has 1 aliphatic rings. The Hall–Kier alpha value is -2.83. The zero-order chi connectivity index (χ0) is 16.8. The molecule has 1 aromatic carbocycles. The van der Waals surface area contributed by atoms with Crippen LogP contribution in [0.4, 0.5) is 4.79 Å². The molecule has 3 amide bonds. The maximum absolute atomic E-state index is 12.1. The van der Waals surface area contributed by atoms with Gasteiger partial charge in [0.25, 0.3) is 5.91 Å². The number of urea groups is 1. The molecule has 7 heteroatoms. The zero-order valence-electron chi connectivity index (χ0n) is 12.8. The van der Waals surface area contributed by atoms with Crippen molar-refractivity contribution >= 4 is 17.9 Å². The quantitative estimate of drug-likeness (QED) is 0.798. The molecule has 0 bridgehead atoms. The number of esters is 1. The van der Waals surface area contributed by atoms with Gasteiger partial charge >= 0.3 is 12.0 Å². The number of nitrogens with two attached hydrogens (primary N) is 1. The van der Waals surface area contributed by atoms with E-state index in [9.17, 15) is 14.4 Å². The number of carbonyl (C=O) groups is 3. The summed E-state index contributed by atoms with van der Waals surface area (Å²) in [5.74, 6) is -0.469. The van der Waals surface area contributed by atoms with E-state index in [1.807, 2.05) is 5.32 Å². The van der Waals surface area contributed by atoms with Crippen molar-refractivity contribution < 1.29 is 23.9 Å². The summed E-state index contributed by atoms with van der Waals surface area (Å²) in [6.07, 6.45) is 1.53. The minimum atomic E-state index is -0.944. The van der Waals surface area contributed by atoms with Gasteiger partial charge in [-0.3, -0.25) is 10.1 Å². The molecular formula is C16H18N2O5. The number of hydrogen-bond donors (Lipinski definition) is 2. The monoisotopic (exact) mass is 318 g/mol. The Labute approximate surface area is 133 Å². The lowest BCUT2D eigenvalue weighted by molar-refractivity contribution is -0.140. The lowest BCUT2D eigenvalue weighted by atomic mass is 10.1. The van der Waals surface area contributed by atoms with Gasteiger partial charge in [0.2, 0.25) is 0 Å². The van der Waals surface area contributed by atoms with E-state index in [0.29, 0.717) is 30.6 Å². The molecule has 3 N–H and O–H groups in total. The lowest BCUT2D eigenvalue weighted by Gasteiger charge is -2.08. The molecule has 0 spiro atoms. The van der Waals surface area contributed by atoms with Crippen LogP contribution in [-0.2, 0) is 20.9 Å². The summed E-state index contributed by atoms with van der Waals surface area (Å²) in [7, 11) is 1.57. The van der Waals surface area contributed by atoms with Crippen LogP contribution >= 0.6 is 0 Å². The third-order valence-corrected chi connectivity index (χ3v) is 3.50. The van der Waals surface area contributed by atoms with Crippen molar-refractivity contribution in [3.05, 3.63) is 41.0 Å². The van der Waals surface area contributed by atoms with E-state index in [1.165, 1.54) is 0 Å². The van der Waals surface area contributed by atoms with Crippen molar-refractivity contribution in [1.82, 2.24) is 5.32 Å². The Kier molecular flexibility index (Phi) is 5.35. The fourth-order valence-electron chi connectivity index (χ4n) is 2.36. The number of hydrogen-bond acceptors (Lipinski definition) is 5. The van der Waals surface area contributed by atoms with Gasteiger partial charge in [0.1, 0.15) is 12.4 Å². The number of nitrogens with one attached hydrogen (secondary N) is 1. The van der Waals surface area contributed by atoms with E-state index < -0.39 is 17.9 Å². The lowest BCUT2D eigenvalue weighted by Crippen LogP contribution is -2.36. The molecule has 0 heterocycles. The Morgan fingerprint density at radius 3 is 2.39 bits per heavy atom. The van der Waals surface area contributed by atoms with Gasteiger partial charge in [-0.15, -0.1) is 0 Å². The van der Waals surface area contributed by atoms with Gasteiger partial charge in [-0.05, 0) is 37.0 Å². The van der Waals surface area contributed by atoms with Crippen molar-refractivity contribution in [3.63, 3.8) is 0 Å². The minimum Gasteiger partial charge on any atom is -0.497 e. The fraction of sp³-hybridized carbons (Fsp3) is 0.312. The zero-order valence-corrected chi connectivity index (χ0v) is 12.8. The van der Waals surface area contributed by atoms with Gasteiger partial charge in [0, 0.05) is 11.1 Å². The molecule has 0 radical (unpaired) electrons. The van der Waals surface area contributed by atoms with Gasteiger partial charge in [-0.2, -0.15) is 0 Å². The number of amides is 3. The average Bonchev–Trinajstić information content (AvgIpc) is 3.02. The summed E-state index contributed by atoms with van der Waals surface area (Å²) in [4.78, 5) is 34.7. The number of carbonyl (C=O) groups excluding carboxylic acids is 3. The number of methoxy groups -OCH3 is 1. The predicted octanol–water partition coefficient (Wildman–Crippen LogP) is 1.41. The highest BCUT2D eigenvalue weighted by atomic mass is 16.5. The topological polar surface area (TPSA) is 108 Å². The van der Waals surface area contributed by atoms with Gasteiger partial charge in [0.15, 0.2) is 0 Å². The highest BCUT2D eigenvalue weighted by Crippen LogP contribution is 2.27. The number of rotatable bonds is 5. The van der Waals surface area contributed by atoms with E-state index in [1.54, 1.807) is 31.4 Å². The van der Waals surface area contributed by atoms with Crippen LogP contribution in [0.25, 0.3) is 0 Å². The summed E-state index contributed by atoms with van der Waals surface area (Å²) in [5, 5.41) is 1.98. The Balaban J connectivity index is 2.00. The molecule has 0 saturated heterocycles. The summed E-state index contributed by atoms with van der Waals surface area (Å²) >= 11 is 0. The second kappa shape index (κ2) is 7.44. The van der Waals surface area contributed by atoms with Crippen molar-refractivity contribution in [3.8, 4) is 5.75 Å². The first-order valence-electron chi connectivity index (χ1n) is 7.14. The molecule has 23 heavy (non-hydrogen) atoms. The van der Waals surface area contributed by atoms with E-state index in [0.717, 1.165) is 5.56 Å². The van der Waals surface area contributed by atoms with Crippen LogP contribution in [0.2, 0.25) is 0 Å². The minimum absolute atomic E-state index is 0.0943. The molecule has 0 saturated carbocycles. The van der Waals surface area contributed by atoms with Crippen LogP contribution in [0.15, 0.2) is 35.4 Å². The fourth-order valence-corrected chi connectivity index (χ4v) is 2.36. The van der Waals surface area contributed by atoms with Crippen molar-refractivity contribution in [1.29, 1.82) is 0 Å². The van der Waals surface area contributed by atoms with E-state index >= 15 is 0 Å². The molecule has 0 aliphatic heterocycles. The second-order valence-electron chi connectivity index (χ2n) is 5.05. The van der Waals surface area contributed by atoms with Gasteiger partial charge in [-0.1, -0.05) is 12.1 Å². The van der Waals surface area contributed by atoms with E-state index in [-0.39, 0.29) is 12.2 Å².